The van der Waals surface area contributed by atoms with Crippen LogP contribution >= 0.6 is 15.9 Å². The Labute approximate surface area is 325 Å². The van der Waals surface area contributed by atoms with Crippen molar-refractivity contribution < 1.29 is 19.1 Å². The highest BCUT2D eigenvalue weighted by Crippen LogP contribution is 2.11. The maximum Gasteiger partial charge on any atom is 0.435 e. The summed E-state index contributed by atoms with van der Waals surface area (Å²) in [6.07, 6.45) is 13.8. The fraction of sp³-hybridized carbons (Fsp3) is 0.186. The third kappa shape index (κ3) is 17.1. The van der Waals surface area contributed by atoms with Gasteiger partial charge in [-0.25, -0.2) is 9.59 Å². The van der Waals surface area contributed by atoms with Crippen molar-refractivity contribution in [3.8, 4) is 36.0 Å². The molecule has 0 unspecified atom stereocenters. The summed E-state index contributed by atoms with van der Waals surface area (Å²) in [6, 6.07) is 29.1. The van der Waals surface area contributed by atoms with Crippen molar-refractivity contribution in [3.63, 3.8) is 0 Å². The Balaban J connectivity index is 0.000000203. The number of ether oxygens (including phenoxy) is 2. The summed E-state index contributed by atoms with van der Waals surface area (Å²) in [5.41, 5.74) is 3.41. The molecule has 0 aliphatic heterocycles. The van der Waals surface area contributed by atoms with Gasteiger partial charge in [0.2, 0.25) is 0 Å². The zero-order valence-corrected chi connectivity index (χ0v) is 32.5. The van der Waals surface area contributed by atoms with E-state index < -0.39 is 23.4 Å². The molecule has 274 valence electrons. The summed E-state index contributed by atoms with van der Waals surface area (Å²) in [5, 5.41) is 14.3. The molecule has 3 heterocycles. The van der Waals surface area contributed by atoms with Crippen molar-refractivity contribution in [2.75, 3.05) is 0 Å². The number of nitrogens with one attached hydrogen (secondary N) is 1. The number of aromatic nitrogens is 6. The molecule has 3 aromatic carbocycles. The zero-order valence-electron chi connectivity index (χ0n) is 30.9. The van der Waals surface area contributed by atoms with E-state index in [2.05, 4.69) is 65.9 Å². The minimum absolute atomic E-state index is 0.474. The van der Waals surface area contributed by atoms with Crippen molar-refractivity contribution in [1.82, 2.24) is 29.8 Å². The minimum Gasteiger partial charge on any atom is -0.442 e. The second kappa shape index (κ2) is 21.0. The van der Waals surface area contributed by atoms with E-state index in [1.165, 1.54) is 6.20 Å². The highest BCUT2D eigenvalue weighted by atomic mass is 79.9. The lowest BCUT2D eigenvalue weighted by atomic mass is 10.2. The van der Waals surface area contributed by atoms with Gasteiger partial charge in [0.25, 0.3) is 0 Å². The molecule has 0 bridgehead atoms. The van der Waals surface area contributed by atoms with Gasteiger partial charge in [0, 0.05) is 22.9 Å². The molecule has 0 atom stereocenters. The predicted molar refractivity (Wildman–Crippen MR) is 213 cm³/mol. The van der Waals surface area contributed by atoms with Crippen molar-refractivity contribution >= 4 is 28.1 Å². The Morgan fingerprint density at radius 2 is 1.04 bits per heavy atom. The van der Waals surface area contributed by atoms with Gasteiger partial charge < -0.3 is 9.47 Å². The maximum atomic E-state index is 11.8. The molecule has 6 aromatic rings. The lowest BCUT2D eigenvalue weighted by molar-refractivity contribution is 0.0503. The number of carbonyl (C=O) groups excluding carboxylic acids is 2. The molecule has 3 aromatic heterocycles. The van der Waals surface area contributed by atoms with Crippen LogP contribution < -0.4 is 0 Å². The molecule has 11 heteroatoms. The van der Waals surface area contributed by atoms with Crippen LogP contribution in [-0.2, 0) is 9.47 Å². The fourth-order valence-electron chi connectivity index (χ4n) is 3.69. The summed E-state index contributed by atoms with van der Waals surface area (Å²) in [4.78, 5) is 23.1. The highest BCUT2D eigenvalue weighted by molar-refractivity contribution is 9.10. The van der Waals surface area contributed by atoms with E-state index in [4.69, 9.17) is 15.9 Å². The summed E-state index contributed by atoms with van der Waals surface area (Å²) >= 11 is 3.19. The van der Waals surface area contributed by atoms with Gasteiger partial charge in [0.05, 0.1) is 46.6 Å². The molecule has 6 rings (SSSR count). The third-order valence-electron chi connectivity index (χ3n) is 5.98. The van der Waals surface area contributed by atoms with Crippen LogP contribution in [0.1, 0.15) is 69.4 Å². The van der Waals surface area contributed by atoms with Gasteiger partial charge in [-0.2, -0.15) is 24.7 Å². The molecular formula is C43H41BrN6O4. The molecule has 0 spiro atoms. The number of nitrogens with zero attached hydrogens (tertiary/aromatic N) is 5. The van der Waals surface area contributed by atoms with E-state index in [1.54, 1.807) is 31.0 Å². The maximum absolute atomic E-state index is 11.8. The summed E-state index contributed by atoms with van der Waals surface area (Å²) in [6.45, 7) is 10.9. The first-order valence-electron chi connectivity index (χ1n) is 16.6. The lowest BCUT2D eigenvalue weighted by Gasteiger charge is -2.18. The number of rotatable bonds is 0. The van der Waals surface area contributed by atoms with Crippen molar-refractivity contribution in [2.24, 2.45) is 0 Å². The van der Waals surface area contributed by atoms with Crippen molar-refractivity contribution in [3.05, 3.63) is 160 Å². The van der Waals surface area contributed by atoms with E-state index in [9.17, 15) is 9.59 Å². The Kier molecular flexibility index (Phi) is 16.3. The second-order valence-corrected chi connectivity index (χ2v) is 13.9. The Morgan fingerprint density at radius 3 is 1.43 bits per heavy atom. The number of hydrogen-bond acceptors (Lipinski definition) is 7. The first-order valence-corrected chi connectivity index (χ1v) is 17.4. The van der Waals surface area contributed by atoms with E-state index in [0.717, 1.165) is 36.1 Å². The monoisotopic (exact) mass is 784 g/mol. The molecule has 10 nitrogen and oxygen atoms in total. The SMILES string of the molecule is C#Cc1ccccc1.C(#Cc1cn[nH]c1)c1ccccc1.CC(C)(C)OC(=O)n1cc(Br)cn1.CC(C)(C)OC(=O)n1cc(C#Cc2ccccc2)cn1. The van der Waals surface area contributed by atoms with Crippen LogP contribution in [0.2, 0.25) is 0 Å². The van der Waals surface area contributed by atoms with E-state index >= 15 is 0 Å². The molecule has 0 fully saturated rings. The molecule has 0 amide bonds. The number of hydrogen-bond donors (Lipinski definition) is 1. The van der Waals surface area contributed by atoms with E-state index in [1.807, 2.05) is 133 Å². The third-order valence-corrected chi connectivity index (χ3v) is 6.39. The molecule has 0 saturated carbocycles. The number of aromatic amines is 1. The second-order valence-electron chi connectivity index (χ2n) is 13.0. The lowest BCUT2D eigenvalue weighted by Crippen LogP contribution is -2.27. The fourth-order valence-corrected chi connectivity index (χ4v) is 3.98. The Morgan fingerprint density at radius 1 is 0.611 bits per heavy atom. The molecular weight excluding hydrogens is 744 g/mol. The first kappa shape index (κ1) is 41.8. The molecule has 0 radical (unpaired) electrons. The summed E-state index contributed by atoms with van der Waals surface area (Å²) in [7, 11) is 0. The normalized spacial score (nSPS) is 9.96. The molecule has 54 heavy (non-hydrogen) atoms. The summed E-state index contributed by atoms with van der Waals surface area (Å²) < 4.78 is 13.3. The molecule has 0 aliphatic carbocycles. The van der Waals surface area contributed by atoms with Crippen molar-refractivity contribution in [2.45, 2.75) is 52.7 Å². The van der Waals surface area contributed by atoms with Crippen LogP contribution in [0, 0.1) is 36.0 Å². The molecule has 1 N–H and O–H groups in total. The number of H-pyrrole nitrogens is 1. The van der Waals surface area contributed by atoms with Crippen molar-refractivity contribution in [1.29, 1.82) is 0 Å². The molecule has 0 saturated heterocycles. The van der Waals surface area contributed by atoms with Crippen LogP contribution in [0.3, 0.4) is 0 Å². The summed E-state index contributed by atoms with van der Waals surface area (Å²) in [5.74, 6) is 14.5. The largest absolute Gasteiger partial charge is 0.442 e. The van der Waals surface area contributed by atoms with E-state index in [-0.39, 0.29) is 0 Å². The average molecular weight is 786 g/mol. The Hall–Kier alpha value is -6.61. The van der Waals surface area contributed by atoms with Crippen LogP contribution in [0.5, 0.6) is 0 Å². The van der Waals surface area contributed by atoms with Crippen LogP contribution in [-0.4, -0.2) is 53.1 Å². The number of terminal acetylenes is 1. The van der Waals surface area contributed by atoms with Gasteiger partial charge in [0.1, 0.15) is 11.2 Å². The Bertz CT molecular complexity index is 2200. The highest BCUT2D eigenvalue weighted by Gasteiger charge is 2.19. The van der Waals surface area contributed by atoms with Crippen LogP contribution in [0.4, 0.5) is 9.59 Å². The quantitative estimate of drug-likeness (QED) is 0.153. The standard InChI is InChI=1S/C16H16N2O2.C11H8N2.C8H11BrN2O2.C8H6/c1-16(2,3)20-15(19)18-12-14(11-17-18)10-9-13-7-5-4-6-8-13;1-2-4-10(5-3-1)6-7-11-8-12-13-9-11;1-8(2,3)13-7(12)11-5-6(9)4-10-11;1-2-8-6-4-3-5-7-8/h4-8,11-12H,1-3H3;1-5,8-9H,(H,12,13);4-5H,1-3H3;1,3-7H. The smallest absolute Gasteiger partial charge is 0.435 e. The zero-order chi connectivity index (χ0) is 39.4. The number of carbonyl (C=O) groups is 2. The molecule has 0 aliphatic rings. The van der Waals surface area contributed by atoms with Crippen LogP contribution in [0.25, 0.3) is 0 Å². The van der Waals surface area contributed by atoms with Gasteiger partial charge in [-0.3, -0.25) is 5.10 Å². The average Bonchev–Trinajstić information content (AvgIpc) is 3.94. The number of halogens is 1. The first-order chi connectivity index (χ1) is 25.7. The van der Waals surface area contributed by atoms with E-state index in [0.29, 0.717) is 5.56 Å². The van der Waals surface area contributed by atoms with Gasteiger partial charge in [-0.1, -0.05) is 84.2 Å². The number of benzene rings is 3. The van der Waals surface area contributed by atoms with Crippen LogP contribution in [0.15, 0.2) is 133 Å². The minimum atomic E-state index is -0.543. The van der Waals surface area contributed by atoms with Gasteiger partial charge in [-0.15, -0.1) is 6.42 Å². The topological polar surface area (TPSA) is 117 Å². The van der Waals surface area contributed by atoms with Gasteiger partial charge in [-0.05, 0) is 93.9 Å². The predicted octanol–water partition coefficient (Wildman–Crippen LogP) is 8.97. The van der Waals surface area contributed by atoms with Gasteiger partial charge in [0.15, 0.2) is 0 Å². The van der Waals surface area contributed by atoms with Gasteiger partial charge >= 0.3 is 12.2 Å².